The zero-order valence-electron chi connectivity index (χ0n) is 68.0. The molecule has 113 heavy (non-hydrogen) atoms. The van der Waals surface area contributed by atoms with Gasteiger partial charge in [0, 0.05) is 189 Å². The number of rotatable bonds is 47. The molecule has 2 unspecified atom stereocenters. The highest BCUT2D eigenvalue weighted by atomic mass is 16.4. The van der Waals surface area contributed by atoms with Crippen molar-refractivity contribution in [2.24, 2.45) is 29.6 Å². The number of aliphatic carboxylic acids is 12. The van der Waals surface area contributed by atoms with Crippen LogP contribution in [0.3, 0.4) is 0 Å². The Bertz CT molecular complexity index is 2820. The van der Waals surface area contributed by atoms with Crippen molar-refractivity contribution in [3.8, 4) is 0 Å². The van der Waals surface area contributed by atoms with Crippen molar-refractivity contribution < 1.29 is 128 Å². The molecule has 3 aliphatic rings. The first-order chi connectivity index (χ1) is 52.9. The van der Waals surface area contributed by atoms with Crippen molar-refractivity contribution in [2.45, 2.75) is 94.0 Å². The van der Waals surface area contributed by atoms with Crippen LogP contribution in [0.25, 0.3) is 0 Å². The minimum Gasteiger partial charge on any atom is -0.480 e. The van der Waals surface area contributed by atoms with Crippen LogP contribution < -0.4 is 5.32 Å². The number of carboxylic acid groups (broad SMARTS) is 12. The summed E-state index contributed by atoms with van der Waals surface area (Å²) in [6, 6.07) is -0.0831. The molecule has 2 atom stereocenters. The molecule has 0 spiro atoms. The maximum absolute atomic E-state index is 12.3. The van der Waals surface area contributed by atoms with E-state index in [0.717, 1.165) is 12.8 Å². The number of carbonyl (C=O) groups excluding carboxylic acids is 2. The second-order valence-electron chi connectivity index (χ2n) is 30.9. The Kier molecular flexibility index (Phi) is 56.0. The number of hydrogen-bond acceptors (Lipinski definition) is 28. The van der Waals surface area contributed by atoms with E-state index < -0.39 is 71.6 Å². The molecule has 3 aliphatic heterocycles. The normalized spacial score (nSPS) is 17.6. The summed E-state index contributed by atoms with van der Waals surface area (Å²) in [6.07, 6.45) is 2.68. The first kappa shape index (κ1) is 105. The van der Waals surface area contributed by atoms with E-state index in [9.17, 15) is 92.7 Å². The van der Waals surface area contributed by atoms with Crippen LogP contribution in [0.1, 0.15) is 88.0 Å². The van der Waals surface area contributed by atoms with E-state index >= 15 is 0 Å². The zero-order valence-corrected chi connectivity index (χ0v) is 68.0. The molecule has 40 nitrogen and oxygen atoms in total. The van der Waals surface area contributed by atoms with Crippen molar-refractivity contribution in [3.05, 3.63) is 0 Å². The predicted molar refractivity (Wildman–Crippen MR) is 414 cm³/mol. The van der Waals surface area contributed by atoms with E-state index in [0.29, 0.717) is 194 Å². The summed E-state index contributed by atoms with van der Waals surface area (Å²) in [4.78, 5) is 181. The fourth-order valence-corrected chi connectivity index (χ4v) is 13.2. The van der Waals surface area contributed by atoms with Gasteiger partial charge in [0.1, 0.15) is 11.6 Å². The lowest BCUT2D eigenvalue weighted by molar-refractivity contribution is -0.141. The van der Waals surface area contributed by atoms with Gasteiger partial charge in [-0.25, -0.2) is 0 Å². The van der Waals surface area contributed by atoms with E-state index in [2.05, 4.69) is 26.1 Å². The molecule has 40 heteroatoms. The fraction of sp³-hybridized carbons (Fsp3) is 0.808. The Morgan fingerprint density at radius 2 is 0.566 bits per heavy atom. The van der Waals surface area contributed by atoms with Gasteiger partial charge in [-0.2, -0.15) is 0 Å². The lowest BCUT2D eigenvalue weighted by atomic mass is 9.98. The largest absolute Gasteiger partial charge is 0.480 e. The number of ketones is 2. The van der Waals surface area contributed by atoms with Gasteiger partial charge >= 0.3 is 71.6 Å². The van der Waals surface area contributed by atoms with Crippen molar-refractivity contribution >= 4 is 83.2 Å². The first-order valence-electron chi connectivity index (χ1n) is 38.6. The smallest absolute Gasteiger partial charge is 0.317 e. The first-order valence-corrected chi connectivity index (χ1v) is 38.6. The summed E-state index contributed by atoms with van der Waals surface area (Å²) in [5.41, 5.74) is 0. The van der Waals surface area contributed by atoms with Crippen LogP contribution in [0.2, 0.25) is 0 Å². The Balaban J connectivity index is 0.00000149. The minimum atomic E-state index is -1.04. The topological polar surface area (TPSA) is 536 Å². The number of carbonyl (C=O) groups is 14. The molecular formula is C73H134N14O26. The molecule has 0 bridgehead atoms. The molecule has 0 aromatic carbocycles. The Morgan fingerprint density at radius 1 is 0.301 bits per heavy atom. The molecular weight excluding hydrogens is 1490 g/mol. The van der Waals surface area contributed by atoms with Gasteiger partial charge in [-0.1, -0.05) is 62.3 Å². The Hall–Kier alpha value is -7.58. The molecule has 652 valence electrons. The number of Topliss-reactive ketones (excluding diaryl/α,β-unsaturated/α-hetero) is 2. The zero-order chi connectivity index (χ0) is 85.9. The molecule has 0 aromatic rings. The second-order valence-corrected chi connectivity index (χ2v) is 30.9. The number of hydrogen-bond donors (Lipinski definition) is 13. The lowest BCUT2D eigenvalue weighted by Crippen LogP contribution is -2.49. The highest BCUT2D eigenvalue weighted by Gasteiger charge is 2.30. The van der Waals surface area contributed by atoms with Gasteiger partial charge in [0.25, 0.3) is 0 Å². The third-order valence-electron chi connectivity index (χ3n) is 18.1. The Morgan fingerprint density at radius 3 is 0.841 bits per heavy atom. The van der Waals surface area contributed by atoms with Crippen LogP contribution in [0, 0.1) is 29.6 Å². The number of nitrogens with one attached hydrogen (secondary N) is 1. The molecule has 3 saturated heterocycles. The van der Waals surface area contributed by atoms with Crippen LogP contribution in [-0.2, 0) is 67.1 Å². The summed E-state index contributed by atoms with van der Waals surface area (Å²) in [7, 11) is 0. The van der Waals surface area contributed by atoms with Gasteiger partial charge in [-0.05, 0) is 42.4 Å². The minimum absolute atomic E-state index is 0.0747. The van der Waals surface area contributed by atoms with Crippen LogP contribution in [0.15, 0.2) is 0 Å². The highest BCUT2D eigenvalue weighted by molar-refractivity contribution is 5.81. The molecule has 0 radical (unpaired) electrons. The monoisotopic (exact) mass is 1620 g/mol. The second kappa shape index (κ2) is 60.0. The van der Waals surface area contributed by atoms with Crippen molar-refractivity contribution in [3.63, 3.8) is 0 Å². The number of nitrogens with zero attached hydrogens (tertiary/aromatic N) is 13. The van der Waals surface area contributed by atoms with Gasteiger partial charge < -0.3 is 66.6 Å². The molecule has 3 rings (SSSR count). The quantitative estimate of drug-likeness (QED) is 0.0289. The summed E-state index contributed by atoms with van der Waals surface area (Å²) >= 11 is 0. The molecule has 3 fully saturated rings. The van der Waals surface area contributed by atoms with Gasteiger partial charge in [0.2, 0.25) is 0 Å². The molecule has 0 aliphatic carbocycles. The third kappa shape index (κ3) is 60.6. The highest BCUT2D eigenvalue weighted by Crippen LogP contribution is 2.17. The maximum atomic E-state index is 12.3. The van der Waals surface area contributed by atoms with E-state index in [1.165, 1.54) is 0 Å². The van der Waals surface area contributed by atoms with Gasteiger partial charge in [0.05, 0.1) is 91.6 Å². The van der Waals surface area contributed by atoms with Crippen LogP contribution in [0.5, 0.6) is 0 Å². The summed E-state index contributed by atoms with van der Waals surface area (Å²) in [5.74, 6) is -9.65. The van der Waals surface area contributed by atoms with Crippen molar-refractivity contribution in [1.82, 2.24) is 69.0 Å². The molecule has 0 aromatic heterocycles. The average molecular weight is 1620 g/mol. The SMILES string of the molecule is CC(C)CC(=O)CN1CCN(CC(=O)O)CCN(CC(=O)O)CC1.CC(C)CC(=O)CN1CCN(CC(=O)O)CCN(CC(=O)O)CCN(CC(=O)O)CC1.CC(C)CC(C)CN(CCN(CCN(CCNCC(=O)O)CC(=O)O)CC(=O)O)CC(=O)O.CC(C)CC1CN(CC(=O)O)CCN(CC(=O)O)CCN1CC(=O)O. The molecule has 0 saturated carbocycles. The lowest BCUT2D eigenvalue weighted by Gasteiger charge is -2.34. The summed E-state index contributed by atoms with van der Waals surface area (Å²) < 4.78 is 0. The summed E-state index contributed by atoms with van der Waals surface area (Å²) in [6.45, 7) is 28.1. The van der Waals surface area contributed by atoms with Crippen LogP contribution in [0.4, 0.5) is 0 Å². The van der Waals surface area contributed by atoms with Gasteiger partial charge in [0.15, 0.2) is 0 Å². The van der Waals surface area contributed by atoms with E-state index in [1.807, 2.05) is 56.2 Å². The van der Waals surface area contributed by atoms with E-state index in [4.69, 9.17) is 35.7 Å². The van der Waals surface area contributed by atoms with Crippen LogP contribution >= 0.6 is 0 Å². The fourth-order valence-electron chi connectivity index (χ4n) is 13.2. The van der Waals surface area contributed by atoms with Crippen molar-refractivity contribution in [1.29, 1.82) is 0 Å². The number of carboxylic acids is 12. The molecule has 3 heterocycles. The third-order valence-corrected chi connectivity index (χ3v) is 18.1. The van der Waals surface area contributed by atoms with Crippen molar-refractivity contribution in [2.75, 3.05) is 262 Å². The van der Waals surface area contributed by atoms with E-state index in [1.54, 1.807) is 49.0 Å². The van der Waals surface area contributed by atoms with Gasteiger partial charge in [-0.15, -0.1) is 0 Å². The standard InChI is InChI=1S/C21H40N4O8.C20H36N4O7.C16H29N3O6.C16H29N3O5/c1-16(2)10-17(3)12-25(15-21(32)33)9-8-24(14-20(30)31)7-6-23(13-19(28)29)5-4-22-11-18(26)27;1-16(2)11-17(25)12-21-3-5-22(13-18(26)27)7-9-24(15-20(30)31)10-8-23(6-4-21)14-19(28)29;1-12(2)7-13-8-18(10-15(22)23)4-3-17(9-14(20)21)5-6-19(13)11-16(24)25;1-13(2)9-14(20)10-17-3-5-18(11-15(21)22)7-8-19(6-4-17)12-16(23)24/h16-17,22H,4-15H2,1-3H3,(H,26,27)(H,28,29)(H,30,31)(H,32,33);16H,3-15H2,1-2H3,(H,26,27)(H,28,29)(H,30,31);12-13H,3-11H2,1-2H3,(H,20,21)(H,22,23)(H,24,25);13H,3-12H2,1-2H3,(H,21,22)(H,23,24). The van der Waals surface area contributed by atoms with Gasteiger partial charge in [-0.3, -0.25) is 131 Å². The summed E-state index contributed by atoms with van der Waals surface area (Å²) in [5, 5.41) is 112. The predicted octanol–water partition coefficient (Wildman–Crippen LogP) is -2.16. The van der Waals surface area contributed by atoms with E-state index in [-0.39, 0.29) is 128 Å². The maximum Gasteiger partial charge on any atom is 0.317 e. The molecule has 0 amide bonds. The Labute approximate surface area is 663 Å². The average Bonchev–Trinajstić information content (AvgIpc) is 1.83. The van der Waals surface area contributed by atoms with Crippen LogP contribution in [-0.4, -0.2) is 476 Å². The molecule has 13 N–H and O–H groups in total.